The van der Waals surface area contributed by atoms with E-state index in [4.69, 9.17) is 5.73 Å². The SMILES string of the molecule is CCc1cc(NC(=O)CC(C)N)ccc1C. The minimum Gasteiger partial charge on any atom is -0.327 e. The zero-order valence-corrected chi connectivity index (χ0v) is 10.2. The monoisotopic (exact) mass is 220 g/mol. The van der Waals surface area contributed by atoms with Crippen molar-refractivity contribution in [2.45, 2.75) is 39.7 Å². The summed E-state index contributed by atoms with van der Waals surface area (Å²) in [6.07, 6.45) is 1.33. The van der Waals surface area contributed by atoms with Crippen molar-refractivity contribution >= 4 is 11.6 Å². The number of benzene rings is 1. The van der Waals surface area contributed by atoms with Crippen LogP contribution in [0.15, 0.2) is 18.2 Å². The van der Waals surface area contributed by atoms with Crippen LogP contribution in [0.2, 0.25) is 0 Å². The lowest BCUT2D eigenvalue weighted by atomic mass is 10.1. The van der Waals surface area contributed by atoms with E-state index in [1.807, 2.05) is 25.1 Å². The van der Waals surface area contributed by atoms with Gasteiger partial charge in [-0.1, -0.05) is 13.0 Å². The van der Waals surface area contributed by atoms with Gasteiger partial charge < -0.3 is 11.1 Å². The number of anilines is 1. The van der Waals surface area contributed by atoms with Gasteiger partial charge >= 0.3 is 0 Å². The highest BCUT2D eigenvalue weighted by atomic mass is 16.1. The highest BCUT2D eigenvalue weighted by Gasteiger charge is 2.06. The van der Waals surface area contributed by atoms with Gasteiger partial charge in [0.05, 0.1) is 0 Å². The van der Waals surface area contributed by atoms with Crippen LogP contribution < -0.4 is 11.1 Å². The van der Waals surface area contributed by atoms with Crippen LogP contribution in [0, 0.1) is 6.92 Å². The number of carbonyl (C=O) groups is 1. The summed E-state index contributed by atoms with van der Waals surface area (Å²) in [5, 5.41) is 2.86. The molecule has 3 N–H and O–H groups in total. The van der Waals surface area contributed by atoms with Crippen molar-refractivity contribution < 1.29 is 4.79 Å². The highest BCUT2D eigenvalue weighted by molar-refractivity contribution is 5.91. The molecule has 1 aromatic rings. The molecule has 0 spiro atoms. The summed E-state index contributed by atoms with van der Waals surface area (Å²) < 4.78 is 0. The van der Waals surface area contributed by atoms with Gasteiger partial charge in [-0.15, -0.1) is 0 Å². The molecule has 1 atom stereocenters. The molecule has 0 aliphatic carbocycles. The van der Waals surface area contributed by atoms with Gasteiger partial charge in [0.1, 0.15) is 0 Å². The molecule has 1 amide bonds. The van der Waals surface area contributed by atoms with Crippen molar-refractivity contribution in [3.63, 3.8) is 0 Å². The molecule has 1 unspecified atom stereocenters. The summed E-state index contributed by atoms with van der Waals surface area (Å²) in [5.41, 5.74) is 8.94. The fourth-order valence-corrected chi connectivity index (χ4v) is 1.63. The topological polar surface area (TPSA) is 55.1 Å². The van der Waals surface area contributed by atoms with Crippen molar-refractivity contribution in [2.75, 3.05) is 5.32 Å². The number of nitrogens with one attached hydrogen (secondary N) is 1. The van der Waals surface area contributed by atoms with Crippen molar-refractivity contribution in [2.24, 2.45) is 5.73 Å². The molecular weight excluding hydrogens is 200 g/mol. The van der Waals surface area contributed by atoms with Crippen molar-refractivity contribution in [1.29, 1.82) is 0 Å². The molecule has 16 heavy (non-hydrogen) atoms. The van der Waals surface area contributed by atoms with Gasteiger partial charge in [-0.2, -0.15) is 0 Å². The van der Waals surface area contributed by atoms with E-state index in [9.17, 15) is 4.79 Å². The Labute approximate surface area is 97.0 Å². The fraction of sp³-hybridized carbons (Fsp3) is 0.462. The predicted molar refractivity (Wildman–Crippen MR) is 67.5 cm³/mol. The fourth-order valence-electron chi connectivity index (χ4n) is 1.63. The first-order valence-electron chi connectivity index (χ1n) is 5.68. The first-order chi connectivity index (χ1) is 7.52. The van der Waals surface area contributed by atoms with Crippen molar-refractivity contribution in [3.8, 4) is 0 Å². The van der Waals surface area contributed by atoms with Gasteiger partial charge in [-0.05, 0) is 43.5 Å². The molecule has 0 aromatic heterocycles. The van der Waals surface area contributed by atoms with Crippen LogP contribution in [0.25, 0.3) is 0 Å². The largest absolute Gasteiger partial charge is 0.327 e. The molecule has 0 heterocycles. The Bertz CT molecular complexity index is 372. The smallest absolute Gasteiger partial charge is 0.225 e. The van der Waals surface area contributed by atoms with Crippen LogP contribution in [-0.2, 0) is 11.2 Å². The summed E-state index contributed by atoms with van der Waals surface area (Å²) in [5.74, 6) is -0.0269. The predicted octanol–water partition coefficient (Wildman–Crippen LogP) is 2.23. The molecule has 1 rings (SSSR count). The van der Waals surface area contributed by atoms with Crippen LogP contribution in [0.4, 0.5) is 5.69 Å². The molecule has 0 aliphatic rings. The molecule has 0 bridgehead atoms. The highest BCUT2D eigenvalue weighted by Crippen LogP contribution is 2.16. The van der Waals surface area contributed by atoms with Gasteiger partial charge in [0, 0.05) is 18.2 Å². The number of aryl methyl sites for hydroxylation is 2. The van der Waals surface area contributed by atoms with E-state index in [-0.39, 0.29) is 11.9 Å². The maximum atomic E-state index is 11.5. The van der Waals surface area contributed by atoms with Crippen LogP contribution in [0.3, 0.4) is 0 Å². The van der Waals surface area contributed by atoms with Crippen LogP contribution in [0.5, 0.6) is 0 Å². The molecule has 3 nitrogen and oxygen atoms in total. The Hall–Kier alpha value is -1.35. The van der Waals surface area contributed by atoms with Gasteiger partial charge in [0.15, 0.2) is 0 Å². The molecule has 88 valence electrons. The minimum absolute atomic E-state index is 0.0269. The molecule has 0 aliphatic heterocycles. The van der Waals surface area contributed by atoms with Crippen LogP contribution >= 0.6 is 0 Å². The molecule has 0 radical (unpaired) electrons. The number of hydrogen-bond acceptors (Lipinski definition) is 2. The number of carbonyl (C=O) groups excluding carboxylic acids is 1. The maximum absolute atomic E-state index is 11.5. The van der Waals surface area contributed by atoms with E-state index in [2.05, 4.69) is 19.2 Å². The Morgan fingerprint density at radius 2 is 2.19 bits per heavy atom. The quantitative estimate of drug-likeness (QED) is 0.817. The van der Waals surface area contributed by atoms with Gasteiger partial charge in [0.2, 0.25) is 5.91 Å². The van der Waals surface area contributed by atoms with E-state index >= 15 is 0 Å². The van der Waals surface area contributed by atoms with Crippen molar-refractivity contribution in [3.05, 3.63) is 29.3 Å². The first-order valence-corrected chi connectivity index (χ1v) is 5.68. The lowest BCUT2D eigenvalue weighted by molar-refractivity contribution is -0.116. The normalized spacial score (nSPS) is 12.2. The minimum atomic E-state index is -0.101. The molecule has 1 aromatic carbocycles. The van der Waals surface area contributed by atoms with Crippen molar-refractivity contribution in [1.82, 2.24) is 0 Å². The lowest BCUT2D eigenvalue weighted by Gasteiger charge is -2.10. The van der Waals surface area contributed by atoms with E-state index in [1.54, 1.807) is 0 Å². The van der Waals surface area contributed by atoms with Crippen LogP contribution in [0.1, 0.15) is 31.4 Å². The Morgan fingerprint density at radius 1 is 1.50 bits per heavy atom. The average molecular weight is 220 g/mol. The Kier molecular flexibility index (Phi) is 4.50. The number of amides is 1. The zero-order valence-electron chi connectivity index (χ0n) is 10.2. The second-order valence-corrected chi connectivity index (χ2v) is 4.22. The second kappa shape index (κ2) is 5.66. The van der Waals surface area contributed by atoms with Gasteiger partial charge in [-0.3, -0.25) is 4.79 Å². The first kappa shape index (κ1) is 12.7. The molecule has 0 fully saturated rings. The van der Waals surface area contributed by atoms with E-state index in [0.717, 1.165) is 12.1 Å². The number of nitrogens with two attached hydrogens (primary N) is 1. The van der Waals surface area contributed by atoms with Gasteiger partial charge in [0.25, 0.3) is 0 Å². The Morgan fingerprint density at radius 3 is 2.75 bits per heavy atom. The number of rotatable bonds is 4. The molecule has 0 saturated carbocycles. The number of hydrogen-bond donors (Lipinski definition) is 2. The molecule has 3 heteroatoms. The van der Waals surface area contributed by atoms with E-state index < -0.39 is 0 Å². The summed E-state index contributed by atoms with van der Waals surface area (Å²) in [4.78, 5) is 11.5. The van der Waals surface area contributed by atoms with E-state index in [1.165, 1.54) is 11.1 Å². The standard InChI is InChI=1S/C13H20N2O/c1-4-11-8-12(6-5-9(11)2)15-13(16)7-10(3)14/h5-6,8,10H,4,7,14H2,1-3H3,(H,15,16). The maximum Gasteiger partial charge on any atom is 0.225 e. The summed E-state index contributed by atoms with van der Waals surface area (Å²) in [6, 6.07) is 5.87. The lowest BCUT2D eigenvalue weighted by Crippen LogP contribution is -2.24. The summed E-state index contributed by atoms with van der Waals surface area (Å²) in [7, 11) is 0. The van der Waals surface area contributed by atoms with Gasteiger partial charge in [-0.25, -0.2) is 0 Å². The molecular formula is C13H20N2O. The summed E-state index contributed by atoms with van der Waals surface area (Å²) >= 11 is 0. The summed E-state index contributed by atoms with van der Waals surface area (Å²) in [6.45, 7) is 6.01. The second-order valence-electron chi connectivity index (χ2n) is 4.22. The average Bonchev–Trinajstić information content (AvgIpc) is 2.19. The third-order valence-corrected chi connectivity index (χ3v) is 2.52. The third kappa shape index (κ3) is 3.66. The van der Waals surface area contributed by atoms with E-state index in [0.29, 0.717) is 6.42 Å². The van der Waals surface area contributed by atoms with Crippen LogP contribution in [-0.4, -0.2) is 11.9 Å². The molecule has 0 saturated heterocycles. The third-order valence-electron chi connectivity index (χ3n) is 2.52. The Balaban J connectivity index is 2.71. The zero-order chi connectivity index (χ0) is 12.1.